The van der Waals surface area contributed by atoms with E-state index in [4.69, 9.17) is 9.84 Å². The molecule has 0 aliphatic carbocycles. The van der Waals surface area contributed by atoms with E-state index in [2.05, 4.69) is 0 Å². The zero-order valence-corrected chi connectivity index (χ0v) is 11.8. The molecule has 2 rings (SSSR count). The van der Waals surface area contributed by atoms with Gasteiger partial charge in [-0.1, -0.05) is 19.1 Å². The summed E-state index contributed by atoms with van der Waals surface area (Å²) in [7, 11) is 1.65. The number of ether oxygens (including phenoxy) is 1. The van der Waals surface area contributed by atoms with Gasteiger partial charge in [0.1, 0.15) is 5.75 Å². The van der Waals surface area contributed by atoms with E-state index in [1.54, 1.807) is 13.2 Å². The van der Waals surface area contributed by atoms with Crippen molar-refractivity contribution in [2.45, 2.75) is 26.3 Å². The van der Waals surface area contributed by atoms with Crippen LogP contribution in [-0.4, -0.2) is 22.8 Å². The van der Waals surface area contributed by atoms with Crippen molar-refractivity contribution >= 4 is 5.97 Å². The zero-order chi connectivity index (χ0) is 14.5. The van der Waals surface area contributed by atoms with Gasteiger partial charge in [-0.2, -0.15) is 0 Å². The van der Waals surface area contributed by atoms with Crippen LogP contribution < -0.4 is 4.74 Å². The minimum absolute atomic E-state index is 0.405. The molecule has 0 bridgehead atoms. The third-order valence-corrected chi connectivity index (χ3v) is 3.44. The maximum Gasteiger partial charge on any atom is 0.337 e. The lowest BCUT2D eigenvalue weighted by molar-refractivity contribution is 0.0695. The van der Waals surface area contributed by atoms with Crippen LogP contribution in [0.5, 0.6) is 5.75 Å². The van der Waals surface area contributed by atoms with Gasteiger partial charge in [-0.05, 0) is 36.6 Å². The second-order valence-electron chi connectivity index (χ2n) is 4.63. The lowest BCUT2D eigenvalue weighted by atomic mass is 10.1. The topological polar surface area (TPSA) is 51.5 Å². The number of carboxylic acid groups (broad SMARTS) is 1. The minimum atomic E-state index is -0.856. The zero-order valence-electron chi connectivity index (χ0n) is 11.8. The van der Waals surface area contributed by atoms with Gasteiger partial charge >= 0.3 is 5.97 Å². The molecule has 4 heteroatoms. The SMILES string of the molecule is CCc1c(C(=O)O)ccn1CCc1ccc(OC)cc1. The average Bonchev–Trinajstić information content (AvgIpc) is 2.88. The molecule has 4 nitrogen and oxygen atoms in total. The molecule has 20 heavy (non-hydrogen) atoms. The van der Waals surface area contributed by atoms with Crippen LogP contribution in [0.3, 0.4) is 0 Å². The molecule has 0 unspecified atom stereocenters. The number of hydrogen-bond acceptors (Lipinski definition) is 2. The Balaban J connectivity index is 2.08. The van der Waals surface area contributed by atoms with Gasteiger partial charge in [-0.15, -0.1) is 0 Å². The van der Waals surface area contributed by atoms with Crippen LogP contribution in [0.2, 0.25) is 0 Å². The van der Waals surface area contributed by atoms with Gasteiger partial charge < -0.3 is 14.4 Å². The third-order valence-electron chi connectivity index (χ3n) is 3.44. The molecule has 0 aliphatic rings. The van der Waals surface area contributed by atoms with Crippen molar-refractivity contribution in [1.29, 1.82) is 0 Å². The van der Waals surface area contributed by atoms with E-state index in [9.17, 15) is 4.79 Å². The van der Waals surface area contributed by atoms with Crippen LogP contribution in [-0.2, 0) is 19.4 Å². The molecule has 1 aromatic carbocycles. The predicted molar refractivity (Wildman–Crippen MR) is 77.5 cm³/mol. The molecule has 0 saturated heterocycles. The van der Waals surface area contributed by atoms with Gasteiger partial charge in [-0.25, -0.2) is 4.79 Å². The number of rotatable bonds is 6. The molecular weight excluding hydrogens is 254 g/mol. The van der Waals surface area contributed by atoms with Crippen molar-refractivity contribution in [3.63, 3.8) is 0 Å². The van der Waals surface area contributed by atoms with Gasteiger partial charge in [0, 0.05) is 18.4 Å². The number of carboxylic acids is 1. The van der Waals surface area contributed by atoms with E-state index >= 15 is 0 Å². The number of aryl methyl sites for hydroxylation is 2. The molecule has 106 valence electrons. The number of carbonyl (C=O) groups is 1. The highest BCUT2D eigenvalue weighted by Gasteiger charge is 2.13. The number of aromatic carboxylic acids is 1. The summed E-state index contributed by atoms with van der Waals surface area (Å²) in [4.78, 5) is 11.1. The van der Waals surface area contributed by atoms with E-state index in [1.807, 2.05) is 42.0 Å². The standard InChI is InChI=1S/C16H19NO3/c1-3-15-14(16(18)19)9-11-17(15)10-8-12-4-6-13(20-2)7-5-12/h4-7,9,11H,3,8,10H2,1-2H3,(H,18,19). The van der Waals surface area contributed by atoms with Gasteiger partial charge in [-0.3, -0.25) is 0 Å². The number of methoxy groups -OCH3 is 1. The number of nitrogens with zero attached hydrogens (tertiary/aromatic N) is 1. The van der Waals surface area contributed by atoms with E-state index in [1.165, 1.54) is 5.56 Å². The summed E-state index contributed by atoms with van der Waals surface area (Å²) in [5.41, 5.74) is 2.49. The van der Waals surface area contributed by atoms with Crippen molar-refractivity contribution in [2.24, 2.45) is 0 Å². The van der Waals surface area contributed by atoms with E-state index < -0.39 is 5.97 Å². The van der Waals surface area contributed by atoms with E-state index in [0.29, 0.717) is 5.56 Å². The minimum Gasteiger partial charge on any atom is -0.497 e. The Hall–Kier alpha value is -2.23. The molecule has 0 spiro atoms. The van der Waals surface area contributed by atoms with Crippen LogP contribution in [0.1, 0.15) is 28.5 Å². The second-order valence-corrected chi connectivity index (χ2v) is 4.63. The second kappa shape index (κ2) is 6.28. The Morgan fingerprint density at radius 2 is 1.95 bits per heavy atom. The van der Waals surface area contributed by atoms with E-state index in [0.717, 1.165) is 30.8 Å². The summed E-state index contributed by atoms with van der Waals surface area (Å²) in [5.74, 6) is -0.0119. The lowest BCUT2D eigenvalue weighted by Crippen LogP contribution is -2.07. The molecule has 0 fully saturated rings. The summed E-state index contributed by atoms with van der Waals surface area (Å²) >= 11 is 0. The van der Waals surface area contributed by atoms with Crippen molar-refractivity contribution in [1.82, 2.24) is 4.57 Å². The first-order valence-corrected chi connectivity index (χ1v) is 6.70. The first kappa shape index (κ1) is 14.2. The molecule has 0 amide bonds. The number of hydrogen-bond donors (Lipinski definition) is 1. The maximum absolute atomic E-state index is 11.1. The van der Waals surface area contributed by atoms with Gasteiger partial charge in [0.2, 0.25) is 0 Å². The molecule has 0 atom stereocenters. The quantitative estimate of drug-likeness (QED) is 0.880. The van der Waals surface area contributed by atoms with Crippen molar-refractivity contribution < 1.29 is 14.6 Å². The molecule has 2 aromatic rings. The Morgan fingerprint density at radius 1 is 1.25 bits per heavy atom. The number of benzene rings is 1. The molecule has 1 heterocycles. The van der Waals surface area contributed by atoms with E-state index in [-0.39, 0.29) is 0 Å². The molecule has 0 aliphatic heterocycles. The lowest BCUT2D eigenvalue weighted by Gasteiger charge is -2.09. The molecular formula is C16H19NO3. The van der Waals surface area contributed by atoms with Crippen LogP contribution in [0.15, 0.2) is 36.5 Å². The largest absolute Gasteiger partial charge is 0.497 e. The fourth-order valence-corrected chi connectivity index (χ4v) is 2.34. The first-order chi connectivity index (χ1) is 9.65. The summed E-state index contributed by atoms with van der Waals surface area (Å²) in [6.07, 6.45) is 3.44. The van der Waals surface area contributed by atoms with Crippen LogP contribution in [0.4, 0.5) is 0 Å². The first-order valence-electron chi connectivity index (χ1n) is 6.70. The molecule has 1 N–H and O–H groups in total. The molecule has 1 aromatic heterocycles. The molecule has 0 saturated carbocycles. The van der Waals surface area contributed by atoms with Crippen LogP contribution in [0, 0.1) is 0 Å². The van der Waals surface area contributed by atoms with Gasteiger partial charge in [0.25, 0.3) is 0 Å². The average molecular weight is 273 g/mol. The van der Waals surface area contributed by atoms with Crippen LogP contribution >= 0.6 is 0 Å². The fourth-order valence-electron chi connectivity index (χ4n) is 2.34. The summed E-state index contributed by atoms with van der Waals surface area (Å²) in [6.45, 7) is 2.76. The highest BCUT2D eigenvalue weighted by Crippen LogP contribution is 2.15. The summed E-state index contributed by atoms with van der Waals surface area (Å²) < 4.78 is 7.15. The van der Waals surface area contributed by atoms with Gasteiger partial charge in [0.05, 0.1) is 12.7 Å². The Bertz CT molecular complexity index is 584. The Kier molecular flexibility index (Phi) is 4.45. The third kappa shape index (κ3) is 3.02. The van der Waals surface area contributed by atoms with Crippen molar-refractivity contribution in [3.8, 4) is 5.75 Å². The normalized spacial score (nSPS) is 10.5. The Labute approximate surface area is 118 Å². The fraction of sp³-hybridized carbons (Fsp3) is 0.312. The van der Waals surface area contributed by atoms with Crippen LogP contribution in [0.25, 0.3) is 0 Å². The summed E-state index contributed by atoms with van der Waals surface area (Å²) in [5, 5.41) is 9.13. The predicted octanol–water partition coefficient (Wildman–Crippen LogP) is 3.00. The van der Waals surface area contributed by atoms with Gasteiger partial charge in [0.15, 0.2) is 0 Å². The molecule has 0 radical (unpaired) electrons. The smallest absolute Gasteiger partial charge is 0.337 e. The number of aromatic nitrogens is 1. The highest BCUT2D eigenvalue weighted by atomic mass is 16.5. The summed E-state index contributed by atoms with van der Waals surface area (Å²) in [6, 6.07) is 9.62. The van der Waals surface area contributed by atoms with Crippen molar-refractivity contribution in [3.05, 3.63) is 53.3 Å². The Morgan fingerprint density at radius 3 is 2.50 bits per heavy atom. The monoisotopic (exact) mass is 273 g/mol. The maximum atomic E-state index is 11.1. The highest BCUT2D eigenvalue weighted by molar-refractivity contribution is 5.89. The van der Waals surface area contributed by atoms with Crippen molar-refractivity contribution in [2.75, 3.05) is 7.11 Å².